The van der Waals surface area contributed by atoms with Crippen molar-refractivity contribution in [1.82, 2.24) is 4.31 Å². The van der Waals surface area contributed by atoms with Crippen LogP contribution in [0.25, 0.3) is 0 Å². The molecule has 1 unspecified atom stereocenters. The van der Waals surface area contributed by atoms with Gasteiger partial charge in [0.2, 0.25) is 22.7 Å². The highest BCUT2D eigenvalue weighted by molar-refractivity contribution is 14.1. The van der Waals surface area contributed by atoms with Gasteiger partial charge in [-0.15, -0.1) is 0 Å². The molecule has 0 saturated carbocycles. The lowest BCUT2D eigenvalue weighted by Gasteiger charge is -2.27. The molecule has 1 saturated heterocycles. The molecule has 2 aliphatic rings. The van der Waals surface area contributed by atoms with Gasteiger partial charge in [-0.2, -0.15) is 4.31 Å². The first-order valence-corrected chi connectivity index (χ1v) is 12.9. The summed E-state index contributed by atoms with van der Waals surface area (Å²) >= 11 is 2.13. The predicted octanol–water partition coefficient (Wildman–Crippen LogP) is 3.54. The van der Waals surface area contributed by atoms with Crippen molar-refractivity contribution in [2.24, 2.45) is 0 Å². The van der Waals surface area contributed by atoms with E-state index < -0.39 is 27.9 Å². The van der Waals surface area contributed by atoms with Crippen molar-refractivity contribution in [1.29, 1.82) is 0 Å². The lowest BCUT2D eigenvalue weighted by molar-refractivity contribution is -0.122. The van der Waals surface area contributed by atoms with E-state index in [1.54, 1.807) is 60.7 Å². The number of nitrogens with zero attached hydrogens (tertiary/aromatic N) is 2. The molecule has 0 aromatic heterocycles. The fraction of sp³-hybridized carbons (Fsp3) is 0.167. The van der Waals surface area contributed by atoms with Crippen LogP contribution in [0, 0.1) is 3.57 Å². The number of imide groups is 1. The first-order chi connectivity index (χ1) is 16.3. The third kappa shape index (κ3) is 4.17. The Hall–Kier alpha value is -2.96. The molecule has 2 amide bonds. The summed E-state index contributed by atoms with van der Waals surface area (Å²) in [7, 11) is -4.11. The van der Waals surface area contributed by atoms with Crippen LogP contribution < -0.4 is 14.4 Å². The minimum Gasteiger partial charge on any atom is -0.454 e. The number of hydrogen-bond acceptors (Lipinski definition) is 6. The van der Waals surface area contributed by atoms with Crippen LogP contribution in [-0.4, -0.2) is 37.4 Å². The van der Waals surface area contributed by atoms with Crippen molar-refractivity contribution < 1.29 is 27.5 Å². The number of benzene rings is 3. The fourth-order valence-corrected chi connectivity index (χ4v) is 5.96. The molecule has 8 nitrogen and oxygen atoms in total. The van der Waals surface area contributed by atoms with Crippen LogP contribution in [0.3, 0.4) is 0 Å². The molecule has 0 spiro atoms. The van der Waals surface area contributed by atoms with Crippen molar-refractivity contribution in [3.8, 4) is 11.5 Å². The van der Waals surface area contributed by atoms with Crippen LogP contribution in [0.15, 0.2) is 77.7 Å². The van der Waals surface area contributed by atoms with Gasteiger partial charge in [-0.05, 0) is 76.7 Å². The quantitative estimate of drug-likeness (QED) is 0.322. The number of anilines is 1. The largest absolute Gasteiger partial charge is 0.454 e. The fourth-order valence-electron chi connectivity index (χ4n) is 4.01. The van der Waals surface area contributed by atoms with E-state index in [1.807, 2.05) is 0 Å². The first-order valence-electron chi connectivity index (χ1n) is 10.4. The van der Waals surface area contributed by atoms with Crippen molar-refractivity contribution in [3.05, 3.63) is 81.9 Å². The Morgan fingerprint density at radius 3 is 2.38 bits per heavy atom. The highest BCUT2D eigenvalue weighted by Crippen LogP contribution is 2.35. The van der Waals surface area contributed by atoms with Crippen LogP contribution in [-0.2, 0) is 26.2 Å². The summed E-state index contributed by atoms with van der Waals surface area (Å²) in [6.07, 6.45) is -0.249. The zero-order valence-electron chi connectivity index (χ0n) is 17.8. The van der Waals surface area contributed by atoms with Crippen molar-refractivity contribution in [2.45, 2.75) is 23.9 Å². The average Bonchev–Trinajstić information content (AvgIpc) is 3.42. The second kappa shape index (κ2) is 9.01. The standard InChI is InChI=1S/C24H19IN2O6S/c25-17-7-9-18(10-8-17)27-23(28)13-20(24(27)29)26(34(30,31)19-4-2-1-3-5-19)14-16-6-11-21-22(12-16)33-15-32-21/h1-12,20H,13-15H2. The minimum absolute atomic E-state index is 0.0451. The Labute approximate surface area is 210 Å². The van der Waals surface area contributed by atoms with Crippen molar-refractivity contribution in [2.75, 3.05) is 11.7 Å². The molecule has 2 aliphatic heterocycles. The number of halogens is 1. The maximum Gasteiger partial charge on any atom is 0.252 e. The van der Waals surface area contributed by atoms with E-state index in [4.69, 9.17) is 9.47 Å². The zero-order valence-corrected chi connectivity index (χ0v) is 20.7. The summed E-state index contributed by atoms with van der Waals surface area (Å²) in [6, 6.07) is 18.7. The zero-order chi connectivity index (χ0) is 23.9. The average molecular weight is 590 g/mol. The van der Waals surface area contributed by atoms with Gasteiger partial charge in [0.05, 0.1) is 17.0 Å². The highest BCUT2D eigenvalue weighted by atomic mass is 127. The van der Waals surface area contributed by atoms with E-state index in [0.717, 1.165) is 12.8 Å². The predicted molar refractivity (Wildman–Crippen MR) is 132 cm³/mol. The van der Waals surface area contributed by atoms with E-state index in [0.29, 0.717) is 22.7 Å². The van der Waals surface area contributed by atoms with Crippen molar-refractivity contribution >= 4 is 50.1 Å². The van der Waals surface area contributed by atoms with Crippen molar-refractivity contribution in [3.63, 3.8) is 0 Å². The normalized spacial score (nSPS) is 17.6. The topological polar surface area (TPSA) is 93.2 Å². The van der Waals surface area contributed by atoms with E-state index in [9.17, 15) is 18.0 Å². The first kappa shape index (κ1) is 22.8. The van der Waals surface area contributed by atoms with Crippen LogP contribution in [0.4, 0.5) is 5.69 Å². The molecule has 5 rings (SSSR count). The van der Waals surface area contributed by atoms with Gasteiger partial charge >= 0.3 is 0 Å². The maximum atomic E-state index is 13.7. The van der Waals surface area contributed by atoms with Gasteiger partial charge in [0.15, 0.2) is 11.5 Å². The molecule has 34 heavy (non-hydrogen) atoms. The summed E-state index contributed by atoms with van der Waals surface area (Å²) in [5, 5.41) is 0. The Bertz CT molecular complexity index is 1360. The Morgan fingerprint density at radius 1 is 0.941 bits per heavy atom. The molecular formula is C24H19IN2O6S. The van der Waals surface area contributed by atoms with Gasteiger partial charge < -0.3 is 9.47 Å². The third-order valence-corrected chi connectivity index (χ3v) is 8.27. The van der Waals surface area contributed by atoms with E-state index in [-0.39, 0.29) is 24.7 Å². The summed E-state index contributed by atoms with van der Waals surface area (Å²) in [5.74, 6) is 0.0451. The van der Waals surface area contributed by atoms with E-state index in [1.165, 1.54) is 12.1 Å². The van der Waals surface area contributed by atoms with Crippen LogP contribution >= 0.6 is 22.6 Å². The highest BCUT2D eigenvalue weighted by Gasteiger charge is 2.47. The molecule has 0 bridgehead atoms. The van der Waals surface area contributed by atoms with Gasteiger partial charge in [-0.3, -0.25) is 9.59 Å². The number of hydrogen-bond donors (Lipinski definition) is 0. The van der Waals surface area contributed by atoms with Crippen LogP contribution in [0.5, 0.6) is 11.5 Å². The molecule has 10 heteroatoms. The van der Waals surface area contributed by atoms with Gasteiger partial charge in [0.25, 0.3) is 5.91 Å². The SMILES string of the molecule is O=C1CC(N(Cc2ccc3c(c2)OCO3)S(=O)(=O)c2ccccc2)C(=O)N1c1ccc(I)cc1. The Morgan fingerprint density at radius 2 is 1.65 bits per heavy atom. The minimum atomic E-state index is -4.11. The number of carbonyl (C=O) groups excluding carboxylic acids is 2. The number of rotatable bonds is 6. The summed E-state index contributed by atoms with van der Waals surface area (Å²) in [4.78, 5) is 27.5. The second-order valence-electron chi connectivity index (χ2n) is 7.81. The molecule has 1 fully saturated rings. The lowest BCUT2D eigenvalue weighted by atomic mass is 10.1. The van der Waals surface area contributed by atoms with Gasteiger partial charge in [-0.1, -0.05) is 24.3 Å². The number of amides is 2. The number of fused-ring (bicyclic) bond motifs is 1. The van der Waals surface area contributed by atoms with Gasteiger partial charge in [-0.25, -0.2) is 13.3 Å². The Kier molecular flexibility index (Phi) is 6.04. The van der Waals surface area contributed by atoms with Gasteiger partial charge in [0, 0.05) is 10.1 Å². The maximum absolute atomic E-state index is 13.7. The number of ether oxygens (including phenoxy) is 2. The summed E-state index contributed by atoms with van der Waals surface area (Å²) < 4.78 is 40.2. The monoisotopic (exact) mass is 590 g/mol. The summed E-state index contributed by atoms with van der Waals surface area (Å²) in [6.45, 7) is -0.0243. The molecule has 0 radical (unpaired) electrons. The number of sulfonamides is 1. The summed E-state index contributed by atoms with van der Waals surface area (Å²) in [5.41, 5.74) is 1.02. The van der Waals surface area contributed by atoms with Gasteiger partial charge in [0.1, 0.15) is 6.04 Å². The lowest BCUT2D eigenvalue weighted by Crippen LogP contribution is -2.45. The molecule has 1 atom stereocenters. The second-order valence-corrected chi connectivity index (χ2v) is 11.0. The smallest absolute Gasteiger partial charge is 0.252 e. The molecule has 0 N–H and O–H groups in total. The molecule has 2 heterocycles. The van der Waals surface area contributed by atoms with Crippen LogP contribution in [0.1, 0.15) is 12.0 Å². The molecule has 0 aliphatic carbocycles. The van der Waals surface area contributed by atoms with Crippen LogP contribution in [0.2, 0.25) is 0 Å². The molecule has 3 aromatic rings. The number of carbonyl (C=O) groups is 2. The Balaban J connectivity index is 1.53. The molecule has 174 valence electrons. The molecule has 3 aromatic carbocycles. The van der Waals surface area contributed by atoms with E-state index >= 15 is 0 Å². The van der Waals surface area contributed by atoms with E-state index in [2.05, 4.69) is 22.6 Å². The molecular weight excluding hydrogens is 571 g/mol. The third-order valence-electron chi connectivity index (χ3n) is 5.68.